The molecule has 0 spiro atoms. The van der Waals surface area contributed by atoms with Gasteiger partial charge in [-0.2, -0.15) is 15.0 Å². The Bertz CT molecular complexity index is 1330. The molecule has 4 rings (SSSR count). The molecule has 1 amide bonds. The van der Waals surface area contributed by atoms with E-state index in [1.54, 1.807) is 24.3 Å². The van der Waals surface area contributed by atoms with Gasteiger partial charge in [-0.1, -0.05) is 48.5 Å². The highest BCUT2D eigenvalue weighted by molar-refractivity contribution is 5.94. The van der Waals surface area contributed by atoms with E-state index < -0.39 is 0 Å². The molecule has 0 radical (unpaired) electrons. The van der Waals surface area contributed by atoms with Crippen LogP contribution < -0.4 is 20.7 Å². The summed E-state index contributed by atoms with van der Waals surface area (Å²) in [6.07, 6.45) is 0.721. The van der Waals surface area contributed by atoms with Gasteiger partial charge in [0.15, 0.2) is 0 Å². The second kappa shape index (κ2) is 16.4. The SMILES string of the molecule is O=C(NCCOCCOCCNc1nc(NCCc2ccc(O)cc2)nc(Oc2ccccc2)n1)c1ccccc1. The lowest BCUT2D eigenvalue weighted by molar-refractivity contribution is 0.0519. The number of benzene rings is 3. The number of nitrogens with one attached hydrogen (secondary N) is 3. The molecule has 0 saturated heterocycles. The van der Waals surface area contributed by atoms with Crippen LogP contribution in [-0.4, -0.2) is 72.0 Å². The number of para-hydroxylation sites is 1. The van der Waals surface area contributed by atoms with Gasteiger partial charge in [-0.25, -0.2) is 0 Å². The maximum absolute atomic E-state index is 12.0. The number of hydrogen-bond acceptors (Lipinski definition) is 10. The van der Waals surface area contributed by atoms with Crippen LogP contribution in [0.15, 0.2) is 84.9 Å². The normalized spacial score (nSPS) is 10.6. The van der Waals surface area contributed by atoms with E-state index in [4.69, 9.17) is 14.2 Å². The van der Waals surface area contributed by atoms with Crippen LogP contribution in [0.5, 0.6) is 17.5 Å². The number of ether oxygens (including phenoxy) is 3. The lowest BCUT2D eigenvalue weighted by Gasteiger charge is -2.11. The van der Waals surface area contributed by atoms with E-state index in [1.807, 2.05) is 60.7 Å². The van der Waals surface area contributed by atoms with Crippen LogP contribution in [0.3, 0.4) is 0 Å². The number of hydrogen-bond donors (Lipinski definition) is 4. The van der Waals surface area contributed by atoms with E-state index in [9.17, 15) is 9.90 Å². The smallest absolute Gasteiger partial charge is 0.328 e. The van der Waals surface area contributed by atoms with Crippen LogP contribution in [0.25, 0.3) is 0 Å². The van der Waals surface area contributed by atoms with E-state index in [2.05, 4.69) is 30.9 Å². The first-order chi connectivity index (χ1) is 20.2. The number of phenols is 1. The first kappa shape index (κ1) is 29.2. The van der Waals surface area contributed by atoms with Gasteiger partial charge in [-0.15, -0.1) is 0 Å². The van der Waals surface area contributed by atoms with E-state index in [0.717, 1.165) is 12.0 Å². The summed E-state index contributed by atoms with van der Waals surface area (Å²) < 4.78 is 17.0. The van der Waals surface area contributed by atoms with Gasteiger partial charge < -0.3 is 35.3 Å². The van der Waals surface area contributed by atoms with Gasteiger partial charge in [0.2, 0.25) is 11.9 Å². The summed E-state index contributed by atoms with van der Waals surface area (Å²) in [7, 11) is 0. The number of aromatic hydroxyl groups is 1. The van der Waals surface area contributed by atoms with Gasteiger partial charge in [0, 0.05) is 25.2 Å². The quantitative estimate of drug-likeness (QED) is 0.141. The molecule has 11 heteroatoms. The first-order valence-corrected chi connectivity index (χ1v) is 13.4. The summed E-state index contributed by atoms with van der Waals surface area (Å²) >= 11 is 0. The molecule has 0 aliphatic heterocycles. The van der Waals surface area contributed by atoms with Gasteiger partial charge in [0.1, 0.15) is 11.5 Å². The monoisotopic (exact) mass is 558 g/mol. The predicted molar refractivity (Wildman–Crippen MR) is 156 cm³/mol. The molecule has 4 N–H and O–H groups in total. The van der Waals surface area contributed by atoms with Crippen molar-refractivity contribution in [3.63, 3.8) is 0 Å². The van der Waals surface area contributed by atoms with Crippen LogP contribution >= 0.6 is 0 Å². The second-order valence-electron chi connectivity index (χ2n) is 8.80. The topological polar surface area (TPSA) is 140 Å². The minimum Gasteiger partial charge on any atom is -0.508 e. The Balaban J connectivity index is 1.17. The van der Waals surface area contributed by atoms with Gasteiger partial charge in [0.05, 0.1) is 26.4 Å². The van der Waals surface area contributed by atoms with Crippen molar-refractivity contribution in [3.05, 3.63) is 96.1 Å². The van der Waals surface area contributed by atoms with Crippen molar-refractivity contribution >= 4 is 17.8 Å². The fraction of sp³-hybridized carbons (Fsp3) is 0.267. The molecule has 4 aromatic rings. The number of phenolic OH excluding ortho intramolecular Hbond substituents is 1. The molecular weight excluding hydrogens is 524 g/mol. The van der Waals surface area contributed by atoms with Gasteiger partial charge in [-0.3, -0.25) is 4.79 Å². The van der Waals surface area contributed by atoms with Crippen LogP contribution in [0.1, 0.15) is 15.9 Å². The lowest BCUT2D eigenvalue weighted by Crippen LogP contribution is -2.27. The molecule has 3 aromatic carbocycles. The maximum Gasteiger partial charge on any atom is 0.328 e. The first-order valence-electron chi connectivity index (χ1n) is 13.4. The molecule has 0 atom stereocenters. The standard InChI is InChI=1S/C30H34N6O5/c37-25-13-11-23(12-14-25)15-16-32-28-34-29(36-30(35-28)41-26-9-5-2-6-10-26)33-18-20-40-22-21-39-19-17-31-27(38)24-7-3-1-4-8-24/h1-14,37H,15-22H2,(H,31,38)(H2,32,33,34,35,36). The predicted octanol–water partition coefficient (Wildman–Crippen LogP) is 3.90. The minimum atomic E-state index is -0.122. The van der Waals surface area contributed by atoms with Crippen LogP contribution in [0.4, 0.5) is 11.9 Å². The van der Waals surface area contributed by atoms with Crippen LogP contribution in [-0.2, 0) is 15.9 Å². The molecule has 0 bridgehead atoms. The number of amides is 1. The lowest BCUT2D eigenvalue weighted by atomic mass is 10.1. The Morgan fingerprint density at radius 1 is 0.683 bits per heavy atom. The van der Waals surface area contributed by atoms with Crippen molar-refractivity contribution in [2.75, 3.05) is 56.7 Å². The van der Waals surface area contributed by atoms with Crippen LogP contribution in [0, 0.1) is 0 Å². The molecular formula is C30H34N6O5. The average Bonchev–Trinajstić information content (AvgIpc) is 3.00. The number of carbonyl (C=O) groups excluding carboxylic acids is 1. The maximum atomic E-state index is 12.0. The van der Waals surface area contributed by atoms with Crippen molar-refractivity contribution in [3.8, 4) is 17.5 Å². The molecule has 0 aliphatic carbocycles. The summed E-state index contributed by atoms with van der Waals surface area (Å²) in [5.74, 6) is 1.46. The van der Waals surface area contributed by atoms with Crippen molar-refractivity contribution in [1.82, 2.24) is 20.3 Å². The number of aromatic nitrogens is 3. The Labute approximate surface area is 238 Å². The molecule has 0 aliphatic rings. The van der Waals surface area contributed by atoms with Crippen molar-refractivity contribution in [2.45, 2.75) is 6.42 Å². The Morgan fingerprint density at radius 2 is 1.29 bits per heavy atom. The van der Waals surface area contributed by atoms with E-state index in [1.165, 1.54) is 0 Å². The Kier molecular flexibility index (Phi) is 11.7. The van der Waals surface area contributed by atoms with Gasteiger partial charge in [-0.05, 0) is 48.4 Å². The van der Waals surface area contributed by atoms with Crippen molar-refractivity contribution in [2.24, 2.45) is 0 Å². The molecule has 0 fully saturated rings. The van der Waals surface area contributed by atoms with Gasteiger partial charge in [0.25, 0.3) is 5.91 Å². The minimum absolute atomic E-state index is 0.122. The summed E-state index contributed by atoms with van der Waals surface area (Å²) in [6, 6.07) is 25.6. The Morgan fingerprint density at radius 3 is 1.98 bits per heavy atom. The second-order valence-corrected chi connectivity index (χ2v) is 8.80. The zero-order valence-corrected chi connectivity index (χ0v) is 22.7. The fourth-order valence-electron chi connectivity index (χ4n) is 3.62. The molecule has 214 valence electrons. The Hall–Kier alpha value is -4.74. The molecule has 0 unspecified atom stereocenters. The highest BCUT2D eigenvalue weighted by atomic mass is 16.5. The van der Waals surface area contributed by atoms with E-state index >= 15 is 0 Å². The summed E-state index contributed by atoms with van der Waals surface area (Å²) in [5, 5.41) is 18.6. The number of anilines is 2. The molecule has 0 saturated carbocycles. The van der Waals surface area contributed by atoms with Crippen molar-refractivity contribution in [1.29, 1.82) is 0 Å². The molecule has 1 aromatic heterocycles. The van der Waals surface area contributed by atoms with E-state index in [0.29, 0.717) is 69.3 Å². The number of carbonyl (C=O) groups is 1. The summed E-state index contributed by atoms with van der Waals surface area (Å²) in [6.45, 7) is 3.12. The summed E-state index contributed by atoms with van der Waals surface area (Å²) in [5.41, 5.74) is 1.69. The molecule has 1 heterocycles. The molecule has 41 heavy (non-hydrogen) atoms. The fourth-order valence-corrected chi connectivity index (χ4v) is 3.62. The van der Waals surface area contributed by atoms with Gasteiger partial charge >= 0.3 is 6.01 Å². The van der Waals surface area contributed by atoms with E-state index in [-0.39, 0.29) is 17.7 Å². The number of nitrogens with zero attached hydrogens (tertiary/aromatic N) is 3. The number of rotatable bonds is 17. The highest BCUT2D eigenvalue weighted by Gasteiger charge is 2.09. The largest absolute Gasteiger partial charge is 0.508 e. The third-order valence-corrected chi connectivity index (χ3v) is 5.67. The third-order valence-electron chi connectivity index (χ3n) is 5.67. The average molecular weight is 559 g/mol. The zero-order chi connectivity index (χ0) is 28.5. The zero-order valence-electron chi connectivity index (χ0n) is 22.7. The van der Waals surface area contributed by atoms with Crippen LogP contribution in [0.2, 0.25) is 0 Å². The molecule has 11 nitrogen and oxygen atoms in total. The highest BCUT2D eigenvalue weighted by Crippen LogP contribution is 2.19. The third kappa shape index (κ3) is 10.7. The summed E-state index contributed by atoms with van der Waals surface area (Å²) in [4.78, 5) is 25.2. The van der Waals surface area contributed by atoms with Crippen molar-refractivity contribution < 1.29 is 24.1 Å².